The van der Waals surface area contributed by atoms with Gasteiger partial charge in [0.05, 0.1) is 19.6 Å². The number of hydrogen-bond acceptors (Lipinski definition) is 8. The standard InChI is InChI=1S/C9H18N2O7/c10-11-5(13)1-2-17-9-8(16)7(15)6(14)4(3-12)18-9/h4,6-9,12,14-16H,1-3,10H2,(H,11,13)/t4-,6-,7+,8+,9+/m1/s1. The third-order valence-electron chi connectivity index (χ3n) is 2.62. The molecule has 0 radical (unpaired) electrons. The van der Waals surface area contributed by atoms with Crippen molar-refractivity contribution in [1.82, 2.24) is 5.43 Å². The molecule has 0 bridgehead atoms. The van der Waals surface area contributed by atoms with Crippen LogP contribution in [0.2, 0.25) is 0 Å². The van der Waals surface area contributed by atoms with E-state index >= 15 is 0 Å². The van der Waals surface area contributed by atoms with E-state index in [2.05, 4.69) is 0 Å². The third-order valence-corrected chi connectivity index (χ3v) is 2.62. The molecule has 0 aromatic carbocycles. The molecule has 1 rings (SSSR count). The van der Waals surface area contributed by atoms with Gasteiger partial charge in [-0.1, -0.05) is 0 Å². The first-order chi connectivity index (χ1) is 8.51. The molecule has 1 fully saturated rings. The van der Waals surface area contributed by atoms with Crippen LogP contribution in [0.3, 0.4) is 0 Å². The number of rotatable bonds is 5. The zero-order chi connectivity index (χ0) is 13.7. The molecule has 0 saturated carbocycles. The second kappa shape index (κ2) is 6.95. The molecule has 0 spiro atoms. The molecule has 5 atom stereocenters. The molecule has 0 unspecified atom stereocenters. The van der Waals surface area contributed by atoms with E-state index in [1.54, 1.807) is 0 Å². The summed E-state index contributed by atoms with van der Waals surface area (Å²) in [5.41, 5.74) is 1.90. The van der Waals surface area contributed by atoms with Gasteiger partial charge >= 0.3 is 0 Å². The zero-order valence-electron chi connectivity index (χ0n) is 9.60. The lowest BCUT2D eigenvalue weighted by molar-refractivity contribution is -0.300. The molecular formula is C9H18N2O7. The summed E-state index contributed by atoms with van der Waals surface area (Å²) in [7, 11) is 0. The Balaban J connectivity index is 2.46. The Hall–Kier alpha value is -0.810. The smallest absolute Gasteiger partial charge is 0.236 e. The summed E-state index contributed by atoms with van der Waals surface area (Å²) in [4.78, 5) is 10.8. The SMILES string of the molecule is NNC(=O)CCO[C@H]1O[C@H](CO)[C@@H](O)[C@H](O)[C@@H]1O. The summed E-state index contributed by atoms with van der Waals surface area (Å²) in [5, 5.41) is 37.4. The van der Waals surface area contributed by atoms with Crippen molar-refractivity contribution in [3.05, 3.63) is 0 Å². The highest BCUT2D eigenvalue weighted by atomic mass is 16.7. The molecule has 7 N–H and O–H groups in total. The molecule has 1 heterocycles. The number of nitrogens with one attached hydrogen (secondary N) is 1. The minimum atomic E-state index is -1.50. The van der Waals surface area contributed by atoms with Crippen LogP contribution in [0.25, 0.3) is 0 Å². The Kier molecular flexibility index (Phi) is 5.88. The highest BCUT2D eigenvalue weighted by Crippen LogP contribution is 2.21. The first kappa shape index (κ1) is 15.2. The summed E-state index contributed by atoms with van der Waals surface area (Å²) in [6, 6.07) is 0. The van der Waals surface area contributed by atoms with Crippen LogP contribution in [0.5, 0.6) is 0 Å². The molecule has 1 amide bonds. The van der Waals surface area contributed by atoms with Gasteiger partial charge in [-0.05, 0) is 0 Å². The number of aliphatic hydroxyl groups is 4. The van der Waals surface area contributed by atoms with Gasteiger partial charge in [0.1, 0.15) is 24.4 Å². The van der Waals surface area contributed by atoms with Crippen LogP contribution >= 0.6 is 0 Å². The minimum Gasteiger partial charge on any atom is -0.394 e. The Morgan fingerprint density at radius 2 is 1.94 bits per heavy atom. The minimum absolute atomic E-state index is 0.0501. The van der Waals surface area contributed by atoms with E-state index in [-0.39, 0.29) is 13.0 Å². The molecule has 9 heteroatoms. The van der Waals surface area contributed by atoms with Crippen molar-refractivity contribution in [2.75, 3.05) is 13.2 Å². The Labute approximate surface area is 103 Å². The molecular weight excluding hydrogens is 248 g/mol. The Morgan fingerprint density at radius 3 is 2.50 bits per heavy atom. The van der Waals surface area contributed by atoms with Crippen molar-refractivity contribution in [1.29, 1.82) is 0 Å². The monoisotopic (exact) mass is 266 g/mol. The first-order valence-corrected chi connectivity index (χ1v) is 5.42. The lowest BCUT2D eigenvalue weighted by Crippen LogP contribution is -2.59. The maximum Gasteiger partial charge on any atom is 0.236 e. The lowest BCUT2D eigenvalue weighted by Gasteiger charge is -2.39. The van der Waals surface area contributed by atoms with E-state index in [1.165, 1.54) is 0 Å². The number of hydrazine groups is 1. The van der Waals surface area contributed by atoms with Gasteiger partial charge in [0.25, 0.3) is 0 Å². The van der Waals surface area contributed by atoms with Crippen molar-refractivity contribution in [3.63, 3.8) is 0 Å². The summed E-state index contributed by atoms with van der Waals surface area (Å²) in [6.07, 6.45) is -6.71. The molecule has 1 aliphatic rings. The number of carbonyl (C=O) groups excluding carboxylic acids is 1. The average molecular weight is 266 g/mol. The van der Waals surface area contributed by atoms with Crippen molar-refractivity contribution in [2.45, 2.75) is 37.1 Å². The molecule has 1 aliphatic heterocycles. The van der Waals surface area contributed by atoms with Crippen LogP contribution in [0.15, 0.2) is 0 Å². The van der Waals surface area contributed by atoms with Gasteiger partial charge < -0.3 is 29.9 Å². The van der Waals surface area contributed by atoms with Gasteiger partial charge in [0, 0.05) is 0 Å². The molecule has 9 nitrogen and oxygen atoms in total. The molecule has 18 heavy (non-hydrogen) atoms. The van der Waals surface area contributed by atoms with Gasteiger partial charge in [-0.15, -0.1) is 0 Å². The van der Waals surface area contributed by atoms with Crippen LogP contribution < -0.4 is 11.3 Å². The normalized spacial score (nSPS) is 36.4. The highest BCUT2D eigenvalue weighted by molar-refractivity contribution is 5.75. The lowest BCUT2D eigenvalue weighted by atomic mass is 9.99. The molecule has 0 aromatic heterocycles. The topological polar surface area (TPSA) is 154 Å². The van der Waals surface area contributed by atoms with Crippen LogP contribution in [0, 0.1) is 0 Å². The molecule has 0 aromatic rings. The van der Waals surface area contributed by atoms with E-state index in [4.69, 9.17) is 20.4 Å². The zero-order valence-corrected chi connectivity index (χ0v) is 9.60. The molecule has 1 saturated heterocycles. The maximum absolute atomic E-state index is 10.8. The predicted molar refractivity (Wildman–Crippen MR) is 56.7 cm³/mol. The van der Waals surface area contributed by atoms with E-state index < -0.39 is 43.2 Å². The van der Waals surface area contributed by atoms with Gasteiger partial charge in [0.2, 0.25) is 5.91 Å². The van der Waals surface area contributed by atoms with Gasteiger partial charge in [-0.3, -0.25) is 10.2 Å². The van der Waals surface area contributed by atoms with Gasteiger partial charge in [-0.2, -0.15) is 0 Å². The Bertz CT molecular complexity index is 276. The second-order valence-corrected chi connectivity index (χ2v) is 3.89. The molecule has 106 valence electrons. The fourth-order valence-electron chi connectivity index (χ4n) is 1.55. The summed E-state index contributed by atoms with van der Waals surface area (Å²) < 4.78 is 10.1. The maximum atomic E-state index is 10.8. The van der Waals surface area contributed by atoms with Gasteiger partial charge in [-0.25, -0.2) is 5.84 Å². The summed E-state index contributed by atoms with van der Waals surface area (Å²) in [6.45, 7) is -0.625. The third kappa shape index (κ3) is 3.59. The van der Waals surface area contributed by atoms with Crippen molar-refractivity contribution >= 4 is 5.91 Å². The van der Waals surface area contributed by atoms with Crippen LogP contribution in [0.4, 0.5) is 0 Å². The second-order valence-electron chi connectivity index (χ2n) is 3.89. The van der Waals surface area contributed by atoms with Crippen LogP contribution in [-0.4, -0.2) is 70.3 Å². The summed E-state index contributed by atoms with van der Waals surface area (Å²) in [5.74, 6) is 4.40. The van der Waals surface area contributed by atoms with E-state index in [1.807, 2.05) is 5.43 Å². The first-order valence-electron chi connectivity index (χ1n) is 5.42. The number of nitrogens with two attached hydrogens (primary N) is 1. The van der Waals surface area contributed by atoms with E-state index in [0.29, 0.717) is 0 Å². The average Bonchev–Trinajstić information content (AvgIpc) is 2.38. The predicted octanol–water partition coefficient (Wildman–Crippen LogP) is -3.82. The number of amides is 1. The fourth-order valence-corrected chi connectivity index (χ4v) is 1.55. The number of hydrogen-bond donors (Lipinski definition) is 6. The number of carbonyl (C=O) groups is 1. The van der Waals surface area contributed by atoms with Crippen LogP contribution in [0.1, 0.15) is 6.42 Å². The summed E-state index contributed by atoms with van der Waals surface area (Å²) >= 11 is 0. The largest absolute Gasteiger partial charge is 0.394 e. The number of aliphatic hydroxyl groups excluding tert-OH is 4. The van der Waals surface area contributed by atoms with Crippen molar-refractivity contribution in [2.24, 2.45) is 5.84 Å². The molecule has 0 aliphatic carbocycles. The van der Waals surface area contributed by atoms with Crippen molar-refractivity contribution < 1.29 is 34.7 Å². The van der Waals surface area contributed by atoms with Crippen LogP contribution in [-0.2, 0) is 14.3 Å². The Morgan fingerprint density at radius 1 is 1.28 bits per heavy atom. The number of ether oxygens (including phenoxy) is 2. The van der Waals surface area contributed by atoms with Crippen molar-refractivity contribution in [3.8, 4) is 0 Å². The van der Waals surface area contributed by atoms with Gasteiger partial charge in [0.15, 0.2) is 6.29 Å². The highest BCUT2D eigenvalue weighted by Gasteiger charge is 2.43. The quantitative estimate of drug-likeness (QED) is 0.168. The van der Waals surface area contributed by atoms with E-state index in [0.717, 1.165) is 0 Å². The fraction of sp³-hybridized carbons (Fsp3) is 0.889. The van der Waals surface area contributed by atoms with E-state index in [9.17, 15) is 20.1 Å².